The molecule has 146 valence electrons. The quantitative estimate of drug-likeness (QED) is 0.782. The molecule has 0 unspecified atom stereocenters. The molecule has 8 heteroatoms. The summed E-state index contributed by atoms with van der Waals surface area (Å²) in [5.41, 5.74) is 2.05. The van der Waals surface area contributed by atoms with Gasteiger partial charge in [0.1, 0.15) is 0 Å². The van der Waals surface area contributed by atoms with Crippen LogP contribution in [0.5, 0.6) is 17.2 Å². The molecule has 0 saturated heterocycles. The molecule has 27 heavy (non-hydrogen) atoms. The fourth-order valence-corrected chi connectivity index (χ4v) is 4.20. The minimum atomic E-state index is -0.0526. The van der Waals surface area contributed by atoms with Gasteiger partial charge in [-0.25, -0.2) is 4.98 Å². The van der Waals surface area contributed by atoms with Crippen LogP contribution < -0.4 is 19.5 Å². The highest BCUT2D eigenvalue weighted by atomic mass is 32.1. The van der Waals surface area contributed by atoms with Crippen molar-refractivity contribution in [1.29, 1.82) is 0 Å². The smallest absolute Gasteiger partial charge is 0.226 e. The van der Waals surface area contributed by atoms with Crippen molar-refractivity contribution in [2.45, 2.75) is 25.8 Å². The summed E-state index contributed by atoms with van der Waals surface area (Å²) in [6.45, 7) is 1.90. The van der Waals surface area contributed by atoms with Crippen molar-refractivity contribution in [3.63, 3.8) is 0 Å². The zero-order valence-electron chi connectivity index (χ0n) is 16.1. The van der Waals surface area contributed by atoms with Gasteiger partial charge in [-0.1, -0.05) is 0 Å². The summed E-state index contributed by atoms with van der Waals surface area (Å²) in [6.07, 6.45) is 1.85. The van der Waals surface area contributed by atoms with E-state index in [-0.39, 0.29) is 5.91 Å². The Morgan fingerprint density at radius 2 is 1.93 bits per heavy atom. The average molecular weight is 391 g/mol. The van der Waals surface area contributed by atoms with E-state index in [4.69, 9.17) is 14.2 Å². The lowest BCUT2D eigenvalue weighted by Gasteiger charge is -2.20. The zero-order chi connectivity index (χ0) is 19.4. The molecule has 2 aromatic rings. The molecule has 0 atom stereocenters. The number of hydrogen-bond donors (Lipinski definition) is 1. The van der Waals surface area contributed by atoms with Crippen LogP contribution in [-0.2, 0) is 24.2 Å². The van der Waals surface area contributed by atoms with Crippen molar-refractivity contribution in [3.8, 4) is 17.2 Å². The molecular weight excluding hydrogens is 366 g/mol. The zero-order valence-corrected chi connectivity index (χ0v) is 16.9. The third-order valence-corrected chi connectivity index (χ3v) is 5.53. The predicted octanol–water partition coefficient (Wildman–Crippen LogP) is 2.73. The molecule has 0 spiro atoms. The van der Waals surface area contributed by atoms with E-state index >= 15 is 0 Å². The van der Waals surface area contributed by atoms with Crippen molar-refractivity contribution in [3.05, 3.63) is 28.3 Å². The second-order valence-electron chi connectivity index (χ2n) is 6.46. The van der Waals surface area contributed by atoms with Gasteiger partial charge < -0.3 is 24.4 Å². The Morgan fingerprint density at radius 3 is 2.56 bits per heavy atom. The highest BCUT2D eigenvalue weighted by molar-refractivity contribution is 7.15. The highest BCUT2D eigenvalue weighted by Crippen LogP contribution is 2.38. The number of aryl methyl sites for hydroxylation is 1. The number of fused-ring (bicyclic) bond motifs is 1. The Hall–Kier alpha value is -2.32. The van der Waals surface area contributed by atoms with Crippen LogP contribution >= 0.6 is 11.3 Å². The number of nitrogens with one attached hydrogen (secondary N) is 1. The molecule has 0 radical (unpaired) electrons. The minimum absolute atomic E-state index is 0.0526. The number of benzene rings is 1. The van der Waals surface area contributed by atoms with E-state index in [0.29, 0.717) is 35.2 Å². The van der Waals surface area contributed by atoms with E-state index in [0.717, 1.165) is 30.8 Å². The number of thiazole rings is 1. The first-order chi connectivity index (χ1) is 13.0. The van der Waals surface area contributed by atoms with E-state index in [1.807, 2.05) is 12.1 Å². The van der Waals surface area contributed by atoms with Crippen LogP contribution in [0, 0.1) is 0 Å². The Balaban J connectivity index is 1.62. The maximum atomic E-state index is 12.4. The number of ether oxygens (including phenoxy) is 3. The lowest BCUT2D eigenvalue weighted by Crippen LogP contribution is -2.25. The molecule has 7 nitrogen and oxygen atoms in total. The van der Waals surface area contributed by atoms with Gasteiger partial charge in [-0.05, 0) is 31.2 Å². The van der Waals surface area contributed by atoms with E-state index in [1.54, 1.807) is 32.7 Å². The fraction of sp³-hybridized carbons (Fsp3) is 0.474. The molecule has 2 heterocycles. The summed E-state index contributed by atoms with van der Waals surface area (Å²) >= 11 is 1.56. The van der Waals surface area contributed by atoms with Gasteiger partial charge in [-0.3, -0.25) is 4.79 Å². The van der Waals surface area contributed by atoms with Crippen molar-refractivity contribution in [1.82, 2.24) is 9.88 Å². The summed E-state index contributed by atoms with van der Waals surface area (Å²) in [4.78, 5) is 20.4. The summed E-state index contributed by atoms with van der Waals surface area (Å²) in [5, 5.41) is 3.61. The van der Waals surface area contributed by atoms with Gasteiger partial charge in [-0.15, -0.1) is 11.3 Å². The van der Waals surface area contributed by atoms with Crippen molar-refractivity contribution < 1.29 is 19.0 Å². The second kappa shape index (κ2) is 8.58. The monoisotopic (exact) mass is 391 g/mol. The molecule has 0 bridgehead atoms. The number of aromatic nitrogens is 1. The molecule has 1 aromatic heterocycles. The number of carbonyl (C=O) groups excluding carboxylic acids is 1. The lowest BCUT2D eigenvalue weighted by molar-refractivity contribution is -0.116. The van der Waals surface area contributed by atoms with E-state index in [2.05, 4.69) is 22.2 Å². The molecular formula is C19H25N3O4S. The van der Waals surface area contributed by atoms with Gasteiger partial charge >= 0.3 is 0 Å². The van der Waals surface area contributed by atoms with Crippen LogP contribution in [0.3, 0.4) is 0 Å². The van der Waals surface area contributed by atoms with Gasteiger partial charge in [0, 0.05) is 30.8 Å². The Morgan fingerprint density at radius 1 is 1.22 bits per heavy atom. The van der Waals surface area contributed by atoms with Crippen LogP contribution in [0.2, 0.25) is 0 Å². The number of nitrogens with zero attached hydrogens (tertiary/aromatic N) is 2. The second-order valence-corrected chi connectivity index (χ2v) is 7.54. The third-order valence-electron chi connectivity index (χ3n) is 4.53. The van der Waals surface area contributed by atoms with Crippen LogP contribution in [-0.4, -0.2) is 50.7 Å². The SMILES string of the molecule is COc1cc(CCC(=O)Nc2nc3c(s2)CN(C)CC3)cc(OC)c1OC. The normalized spacial score (nSPS) is 13.8. The summed E-state index contributed by atoms with van der Waals surface area (Å²) in [7, 11) is 6.82. The van der Waals surface area contributed by atoms with Crippen LogP contribution in [0.25, 0.3) is 0 Å². The maximum Gasteiger partial charge on any atom is 0.226 e. The average Bonchev–Trinajstić information content (AvgIpc) is 3.06. The largest absolute Gasteiger partial charge is 0.493 e. The van der Waals surface area contributed by atoms with Crippen LogP contribution in [0.4, 0.5) is 5.13 Å². The highest BCUT2D eigenvalue weighted by Gasteiger charge is 2.19. The number of anilines is 1. The molecule has 0 fully saturated rings. The molecule has 0 saturated carbocycles. The number of amides is 1. The number of likely N-dealkylation sites (N-methyl/N-ethyl adjacent to an activating group) is 1. The van der Waals surface area contributed by atoms with Crippen molar-refractivity contribution in [2.24, 2.45) is 0 Å². The number of carbonyl (C=O) groups is 1. The molecule has 1 amide bonds. The minimum Gasteiger partial charge on any atom is -0.493 e. The molecule has 1 aliphatic heterocycles. The van der Waals surface area contributed by atoms with Gasteiger partial charge in [0.05, 0.1) is 27.0 Å². The summed E-state index contributed by atoms with van der Waals surface area (Å²) in [5.74, 6) is 1.67. The predicted molar refractivity (Wildman–Crippen MR) is 105 cm³/mol. The first-order valence-corrected chi connectivity index (χ1v) is 9.61. The molecule has 1 aliphatic rings. The van der Waals surface area contributed by atoms with E-state index in [9.17, 15) is 4.79 Å². The Bertz CT molecular complexity index is 796. The van der Waals surface area contributed by atoms with Gasteiger partial charge in [0.2, 0.25) is 11.7 Å². The first kappa shape index (κ1) is 19.4. The Kier molecular flexibility index (Phi) is 6.18. The Labute approximate surface area is 163 Å². The van der Waals surface area contributed by atoms with E-state index < -0.39 is 0 Å². The van der Waals surface area contributed by atoms with Gasteiger partial charge in [0.25, 0.3) is 0 Å². The summed E-state index contributed by atoms with van der Waals surface area (Å²) < 4.78 is 16.0. The molecule has 1 aromatic carbocycles. The number of hydrogen-bond acceptors (Lipinski definition) is 7. The molecule has 1 N–H and O–H groups in total. The molecule has 3 rings (SSSR count). The third kappa shape index (κ3) is 4.51. The van der Waals surface area contributed by atoms with Crippen LogP contribution in [0.15, 0.2) is 12.1 Å². The molecule has 0 aliphatic carbocycles. The number of methoxy groups -OCH3 is 3. The number of rotatable bonds is 7. The van der Waals surface area contributed by atoms with E-state index in [1.165, 1.54) is 4.88 Å². The summed E-state index contributed by atoms with van der Waals surface area (Å²) in [6, 6.07) is 3.74. The first-order valence-electron chi connectivity index (χ1n) is 8.80. The maximum absolute atomic E-state index is 12.4. The van der Waals surface area contributed by atoms with Gasteiger partial charge in [0.15, 0.2) is 16.6 Å². The van der Waals surface area contributed by atoms with Crippen molar-refractivity contribution >= 4 is 22.4 Å². The van der Waals surface area contributed by atoms with Crippen LogP contribution in [0.1, 0.15) is 22.6 Å². The lowest BCUT2D eigenvalue weighted by atomic mass is 10.1. The van der Waals surface area contributed by atoms with Crippen molar-refractivity contribution in [2.75, 3.05) is 40.2 Å². The fourth-order valence-electron chi connectivity index (χ4n) is 3.10. The topological polar surface area (TPSA) is 72.9 Å². The standard InChI is InChI=1S/C19H25N3O4S/c1-22-8-7-13-16(11-22)27-19(20-13)21-17(23)6-5-12-9-14(24-2)18(26-4)15(10-12)25-3/h9-10H,5-8,11H2,1-4H3,(H,20,21,23). The van der Waals surface area contributed by atoms with Gasteiger partial charge in [-0.2, -0.15) is 0 Å².